The monoisotopic (exact) mass is 332 g/mol. The van der Waals surface area contributed by atoms with Crippen LogP contribution in [0.1, 0.15) is 23.2 Å². The molecule has 0 saturated carbocycles. The summed E-state index contributed by atoms with van der Waals surface area (Å²) in [5.74, 6) is 1.23. The molecule has 0 bridgehead atoms. The maximum absolute atomic E-state index is 12.5. The first-order valence-electron chi connectivity index (χ1n) is 6.93. The van der Waals surface area contributed by atoms with Gasteiger partial charge in [-0.2, -0.15) is 0 Å². The number of carbonyl (C=O) groups excluding carboxylic acids is 1. The van der Waals surface area contributed by atoms with Crippen molar-refractivity contribution in [3.8, 4) is 5.75 Å². The second-order valence-electron chi connectivity index (χ2n) is 5.14. The van der Waals surface area contributed by atoms with Gasteiger partial charge in [-0.25, -0.2) is 0 Å². The van der Waals surface area contributed by atoms with Crippen LogP contribution in [0.5, 0.6) is 5.75 Å². The summed E-state index contributed by atoms with van der Waals surface area (Å²) < 4.78 is 5.26. The first kappa shape index (κ1) is 18.1. The van der Waals surface area contributed by atoms with Crippen LogP contribution in [0.3, 0.4) is 0 Å². The third-order valence-electron chi connectivity index (χ3n) is 3.79. The fourth-order valence-corrected chi connectivity index (χ4v) is 2.80. The number of hydrogen-bond donors (Lipinski definition) is 1. The van der Waals surface area contributed by atoms with Crippen LogP contribution in [0, 0.1) is 5.92 Å². The SMILES string of the molecule is CNCC1CCN(C(=O)c2ccc(Cl)cc2OC)CC1.Cl. The normalized spacial score (nSPS) is 15.5. The Morgan fingerprint density at radius 3 is 2.67 bits per heavy atom. The van der Waals surface area contributed by atoms with Gasteiger partial charge in [0.1, 0.15) is 5.75 Å². The fourth-order valence-electron chi connectivity index (χ4n) is 2.64. The molecule has 1 amide bonds. The summed E-state index contributed by atoms with van der Waals surface area (Å²) in [6.45, 7) is 2.63. The summed E-state index contributed by atoms with van der Waals surface area (Å²) in [6, 6.07) is 5.15. The van der Waals surface area contributed by atoms with E-state index < -0.39 is 0 Å². The minimum Gasteiger partial charge on any atom is -0.496 e. The molecule has 4 nitrogen and oxygen atoms in total. The Kier molecular flexibility index (Phi) is 7.29. The summed E-state index contributed by atoms with van der Waals surface area (Å²) in [5, 5.41) is 3.77. The van der Waals surface area contributed by atoms with E-state index in [2.05, 4.69) is 5.32 Å². The second kappa shape index (κ2) is 8.47. The standard InChI is InChI=1S/C15H21ClN2O2.ClH/c1-17-10-11-5-7-18(8-6-11)15(19)13-4-3-12(16)9-14(13)20-2;/h3-4,9,11,17H,5-8,10H2,1-2H3;1H. The maximum Gasteiger partial charge on any atom is 0.257 e. The minimum absolute atomic E-state index is 0. The Bertz CT molecular complexity index is 475. The van der Waals surface area contributed by atoms with Crippen molar-refractivity contribution in [2.24, 2.45) is 5.92 Å². The molecule has 1 aliphatic heterocycles. The van der Waals surface area contributed by atoms with E-state index in [1.54, 1.807) is 25.3 Å². The predicted molar refractivity (Wildman–Crippen MR) is 87.8 cm³/mol. The minimum atomic E-state index is 0. The summed E-state index contributed by atoms with van der Waals surface area (Å²) in [5.41, 5.74) is 0.587. The number of methoxy groups -OCH3 is 1. The van der Waals surface area contributed by atoms with Crippen molar-refractivity contribution in [1.82, 2.24) is 10.2 Å². The zero-order chi connectivity index (χ0) is 14.5. The van der Waals surface area contributed by atoms with Gasteiger partial charge < -0.3 is 15.0 Å². The first-order chi connectivity index (χ1) is 9.65. The Hall–Kier alpha value is -0.970. The van der Waals surface area contributed by atoms with Gasteiger partial charge in [0.05, 0.1) is 12.7 Å². The zero-order valence-corrected chi connectivity index (χ0v) is 14.0. The number of ether oxygens (including phenoxy) is 1. The number of likely N-dealkylation sites (tertiary alicyclic amines) is 1. The number of hydrogen-bond acceptors (Lipinski definition) is 3. The van der Waals surface area contributed by atoms with Crippen molar-refractivity contribution in [3.63, 3.8) is 0 Å². The van der Waals surface area contributed by atoms with E-state index in [4.69, 9.17) is 16.3 Å². The average Bonchev–Trinajstić information content (AvgIpc) is 2.47. The smallest absolute Gasteiger partial charge is 0.257 e. The van der Waals surface area contributed by atoms with Crippen molar-refractivity contribution in [3.05, 3.63) is 28.8 Å². The molecule has 1 aliphatic rings. The number of nitrogens with zero attached hydrogens (tertiary/aromatic N) is 1. The molecule has 6 heteroatoms. The highest BCUT2D eigenvalue weighted by atomic mass is 35.5. The van der Waals surface area contributed by atoms with Crippen molar-refractivity contribution < 1.29 is 9.53 Å². The highest BCUT2D eigenvalue weighted by molar-refractivity contribution is 6.30. The number of halogens is 2. The zero-order valence-electron chi connectivity index (χ0n) is 12.4. The molecular weight excluding hydrogens is 311 g/mol. The first-order valence-corrected chi connectivity index (χ1v) is 7.31. The van der Waals surface area contributed by atoms with Crippen molar-refractivity contribution >= 4 is 29.9 Å². The number of benzene rings is 1. The topological polar surface area (TPSA) is 41.6 Å². The van der Waals surface area contributed by atoms with E-state index in [-0.39, 0.29) is 18.3 Å². The average molecular weight is 333 g/mol. The van der Waals surface area contributed by atoms with E-state index in [1.807, 2.05) is 11.9 Å². The van der Waals surface area contributed by atoms with E-state index >= 15 is 0 Å². The molecule has 2 rings (SSSR count). The molecule has 1 fully saturated rings. The molecule has 1 saturated heterocycles. The Morgan fingerprint density at radius 1 is 1.43 bits per heavy atom. The molecule has 1 N–H and O–H groups in total. The van der Waals surface area contributed by atoms with Gasteiger partial charge in [-0.1, -0.05) is 11.6 Å². The third kappa shape index (κ3) is 4.50. The van der Waals surface area contributed by atoms with Crippen LogP contribution in [0.25, 0.3) is 0 Å². The van der Waals surface area contributed by atoms with E-state index in [0.29, 0.717) is 22.3 Å². The molecule has 1 aromatic rings. The summed E-state index contributed by atoms with van der Waals surface area (Å²) in [7, 11) is 3.53. The number of amides is 1. The molecule has 0 radical (unpaired) electrons. The Labute approximate surface area is 137 Å². The lowest BCUT2D eigenvalue weighted by atomic mass is 9.96. The van der Waals surface area contributed by atoms with Gasteiger partial charge >= 0.3 is 0 Å². The van der Waals surface area contributed by atoms with Crippen LogP contribution in [0.15, 0.2) is 18.2 Å². The fraction of sp³-hybridized carbons (Fsp3) is 0.533. The van der Waals surface area contributed by atoms with Gasteiger partial charge in [-0.15, -0.1) is 12.4 Å². The molecule has 0 unspecified atom stereocenters. The third-order valence-corrected chi connectivity index (χ3v) is 4.02. The molecule has 1 heterocycles. The van der Waals surface area contributed by atoms with E-state index in [0.717, 1.165) is 32.5 Å². The molecule has 0 aromatic heterocycles. The number of piperidine rings is 1. The maximum atomic E-state index is 12.5. The van der Waals surface area contributed by atoms with Gasteiger partial charge in [0.15, 0.2) is 0 Å². The Balaban J connectivity index is 0.00000220. The van der Waals surface area contributed by atoms with Crippen molar-refractivity contribution in [1.29, 1.82) is 0 Å². The van der Waals surface area contributed by atoms with Crippen LogP contribution < -0.4 is 10.1 Å². The van der Waals surface area contributed by atoms with Crippen LogP contribution in [0.2, 0.25) is 5.02 Å². The van der Waals surface area contributed by atoms with Gasteiger partial charge in [-0.3, -0.25) is 4.79 Å². The van der Waals surface area contributed by atoms with Crippen molar-refractivity contribution in [2.75, 3.05) is 33.8 Å². The molecule has 0 atom stereocenters. The van der Waals surface area contributed by atoms with Crippen LogP contribution in [-0.4, -0.2) is 44.6 Å². The molecule has 21 heavy (non-hydrogen) atoms. The molecule has 0 spiro atoms. The quantitative estimate of drug-likeness (QED) is 0.921. The van der Waals surface area contributed by atoms with Crippen molar-refractivity contribution in [2.45, 2.75) is 12.8 Å². The highest BCUT2D eigenvalue weighted by Gasteiger charge is 2.25. The van der Waals surface area contributed by atoms with Gasteiger partial charge in [0.25, 0.3) is 5.91 Å². The van der Waals surface area contributed by atoms with Crippen LogP contribution in [-0.2, 0) is 0 Å². The predicted octanol–water partition coefficient (Wildman–Crippen LogP) is 2.84. The summed E-state index contributed by atoms with van der Waals surface area (Å²) in [6.07, 6.45) is 2.09. The second-order valence-corrected chi connectivity index (χ2v) is 5.57. The summed E-state index contributed by atoms with van der Waals surface area (Å²) in [4.78, 5) is 14.4. The van der Waals surface area contributed by atoms with Crippen LogP contribution in [0.4, 0.5) is 0 Å². The lowest BCUT2D eigenvalue weighted by molar-refractivity contribution is 0.0687. The molecule has 1 aromatic carbocycles. The van der Waals surface area contributed by atoms with E-state index in [9.17, 15) is 4.79 Å². The number of carbonyl (C=O) groups is 1. The number of nitrogens with one attached hydrogen (secondary N) is 1. The molecular formula is C15H22Cl2N2O2. The summed E-state index contributed by atoms with van der Waals surface area (Å²) >= 11 is 5.93. The molecule has 0 aliphatic carbocycles. The number of rotatable bonds is 4. The largest absolute Gasteiger partial charge is 0.496 e. The van der Waals surface area contributed by atoms with E-state index in [1.165, 1.54) is 0 Å². The lowest BCUT2D eigenvalue weighted by Crippen LogP contribution is -2.40. The Morgan fingerprint density at radius 2 is 2.10 bits per heavy atom. The highest BCUT2D eigenvalue weighted by Crippen LogP contribution is 2.26. The van der Waals surface area contributed by atoms with Gasteiger partial charge in [0.2, 0.25) is 0 Å². The van der Waals surface area contributed by atoms with Crippen LogP contribution >= 0.6 is 24.0 Å². The lowest BCUT2D eigenvalue weighted by Gasteiger charge is -2.32. The van der Waals surface area contributed by atoms with Gasteiger partial charge in [0, 0.05) is 18.1 Å². The van der Waals surface area contributed by atoms with Gasteiger partial charge in [-0.05, 0) is 50.6 Å². The molecule has 118 valence electrons.